The molecule has 2 amide bonds. The average molecular weight is 328 g/mol. The molecule has 1 unspecified atom stereocenters. The van der Waals surface area contributed by atoms with E-state index in [1.54, 1.807) is 7.05 Å². The van der Waals surface area contributed by atoms with Gasteiger partial charge in [0.2, 0.25) is 5.91 Å². The third kappa shape index (κ3) is 3.82. The van der Waals surface area contributed by atoms with Crippen LogP contribution in [0.3, 0.4) is 0 Å². The highest BCUT2D eigenvalue weighted by atomic mass is 16.2. The lowest BCUT2D eigenvalue weighted by Gasteiger charge is -2.28. The first-order chi connectivity index (χ1) is 11.6. The van der Waals surface area contributed by atoms with Crippen LogP contribution in [-0.2, 0) is 9.59 Å². The number of benzene rings is 1. The summed E-state index contributed by atoms with van der Waals surface area (Å²) in [6.45, 7) is 2.68. The summed E-state index contributed by atoms with van der Waals surface area (Å²) in [5, 5.41) is 8.36. The molecule has 3 rings (SSSR count). The zero-order valence-corrected chi connectivity index (χ0v) is 14.1. The van der Waals surface area contributed by atoms with Gasteiger partial charge in [-0.15, -0.1) is 0 Å². The Morgan fingerprint density at radius 1 is 1.21 bits per heavy atom. The molecule has 1 N–H and O–H groups in total. The SMILES string of the molecule is CN1N=C(C(=O)NCC(c2ccccc2)N2CCCC2)CCC1=O. The summed E-state index contributed by atoms with van der Waals surface area (Å²) in [5.41, 5.74) is 1.66. The van der Waals surface area contributed by atoms with Gasteiger partial charge in [-0.25, -0.2) is 5.01 Å². The first-order valence-electron chi connectivity index (χ1n) is 8.56. The molecule has 1 saturated heterocycles. The van der Waals surface area contributed by atoms with E-state index in [0.717, 1.165) is 13.1 Å². The van der Waals surface area contributed by atoms with Gasteiger partial charge < -0.3 is 5.32 Å². The normalized spacial score (nSPS) is 20.0. The molecule has 1 fully saturated rings. The number of carbonyl (C=O) groups is 2. The maximum atomic E-state index is 12.4. The molecule has 24 heavy (non-hydrogen) atoms. The summed E-state index contributed by atoms with van der Waals surface area (Å²) in [5.74, 6) is -0.222. The van der Waals surface area contributed by atoms with Gasteiger partial charge in [0.15, 0.2) is 0 Å². The third-order valence-electron chi connectivity index (χ3n) is 4.69. The van der Waals surface area contributed by atoms with Crippen molar-refractivity contribution in [3.63, 3.8) is 0 Å². The van der Waals surface area contributed by atoms with Crippen LogP contribution in [0, 0.1) is 0 Å². The predicted molar refractivity (Wildman–Crippen MR) is 92.4 cm³/mol. The summed E-state index contributed by atoms with van der Waals surface area (Å²) in [6, 6.07) is 10.5. The first-order valence-corrected chi connectivity index (χ1v) is 8.56. The standard InChI is InChI=1S/C18H24N4O2/c1-21-17(23)10-9-15(20-21)18(24)19-13-16(22-11-5-6-12-22)14-7-3-2-4-8-14/h2-4,7-8,16H,5-6,9-13H2,1H3,(H,19,24). The number of carbonyl (C=O) groups excluding carboxylic acids is 2. The lowest BCUT2D eigenvalue weighted by atomic mass is 10.1. The van der Waals surface area contributed by atoms with E-state index in [0.29, 0.717) is 25.1 Å². The molecule has 0 bridgehead atoms. The third-order valence-corrected chi connectivity index (χ3v) is 4.69. The lowest BCUT2D eigenvalue weighted by molar-refractivity contribution is -0.130. The van der Waals surface area contributed by atoms with Crippen LogP contribution in [0.1, 0.15) is 37.3 Å². The fourth-order valence-corrected chi connectivity index (χ4v) is 3.31. The molecule has 6 nitrogen and oxygen atoms in total. The number of nitrogens with zero attached hydrogens (tertiary/aromatic N) is 3. The second-order valence-corrected chi connectivity index (χ2v) is 6.34. The molecule has 1 aromatic rings. The zero-order chi connectivity index (χ0) is 16.9. The van der Waals surface area contributed by atoms with Crippen molar-refractivity contribution in [2.24, 2.45) is 5.10 Å². The molecule has 2 heterocycles. The molecule has 0 aromatic heterocycles. The number of hydrogen-bond acceptors (Lipinski definition) is 4. The molecule has 0 radical (unpaired) electrons. The maximum Gasteiger partial charge on any atom is 0.267 e. The van der Waals surface area contributed by atoms with E-state index in [9.17, 15) is 9.59 Å². The minimum atomic E-state index is -0.172. The molecule has 2 aliphatic heterocycles. The van der Waals surface area contributed by atoms with Crippen LogP contribution in [0.5, 0.6) is 0 Å². The predicted octanol–water partition coefficient (Wildman–Crippen LogP) is 1.55. The van der Waals surface area contributed by atoms with Crippen molar-refractivity contribution in [2.75, 3.05) is 26.7 Å². The Morgan fingerprint density at radius 2 is 1.92 bits per heavy atom. The molecule has 6 heteroatoms. The van der Waals surface area contributed by atoms with Crippen molar-refractivity contribution in [3.8, 4) is 0 Å². The quantitative estimate of drug-likeness (QED) is 0.892. The monoisotopic (exact) mass is 328 g/mol. The average Bonchev–Trinajstić information content (AvgIpc) is 3.12. The van der Waals surface area contributed by atoms with Crippen LogP contribution in [-0.4, -0.2) is 54.1 Å². The van der Waals surface area contributed by atoms with Gasteiger partial charge in [-0.3, -0.25) is 14.5 Å². The highest BCUT2D eigenvalue weighted by Gasteiger charge is 2.26. The number of likely N-dealkylation sites (tertiary alicyclic amines) is 1. The second-order valence-electron chi connectivity index (χ2n) is 6.34. The summed E-state index contributed by atoms with van der Waals surface area (Å²) in [4.78, 5) is 26.3. The van der Waals surface area contributed by atoms with E-state index < -0.39 is 0 Å². The van der Waals surface area contributed by atoms with E-state index >= 15 is 0 Å². The Labute approximate surface area is 142 Å². The number of hydrogen-bond donors (Lipinski definition) is 1. The minimum Gasteiger partial charge on any atom is -0.349 e. The van der Waals surface area contributed by atoms with E-state index in [4.69, 9.17) is 0 Å². The van der Waals surface area contributed by atoms with Crippen molar-refractivity contribution in [2.45, 2.75) is 31.7 Å². The van der Waals surface area contributed by atoms with E-state index in [1.807, 2.05) is 18.2 Å². The van der Waals surface area contributed by atoms with E-state index in [1.165, 1.54) is 23.4 Å². The molecule has 0 spiro atoms. The topological polar surface area (TPSA) is 65.0 Å². The van der Waals surface area contributed by atoms with Crippen LogP contribution >= 0.6 is 0 Å². The number of nitrogens with one attached hydrogen (secondary N) is 1. The number of amides is 2. The van der Waals surface area contributed by atoms with Crippen LogP contribution in [0.4, 0.5) is 0 Å². The molecular weight excluding hydrogens is 304 g/mol. The van der Waals surface area contributed by atoms with Crippen molar-refractivity contribution >= 4 is 17.5 Å². The molecule has 0 saturated carbocycles. The molecule has 128 valence electrons. The van der Waals surface area contributed by atoms with Crippen molar-refractivity contribution < 1.29 is 9.59 Å². The first kappa shape index (κ1) is 16.6. The Kier molecular flexibility index (Phi) is 5.25. The van der Waals surface area contributed by atoms with E-state index in [-0.39, 0.29) is 17.9 Å². The lowest BCUT2D eigenvalue weighted by Crippen LogP contribution is -2.41. The van der Waals surface area contributed by atoms with Crippen molar-refractivity contribution in [3.05, 3.63) is 35.9 Å². The zero-order valence-electron chi connectivity index (χ0n) is 14.1. The van der Waals surface area contributed by atoms with Gasteiger partial charge in [0.1, 0.15) is 5.71 Å². The van der Waals surface area contributed by atoms with Gasteiger partial charge in [0.05, 0.1) is 6.04 Å². The van der Waals surface area contributed by atoms with Crippen LogP contribution < -0.4 is 5.32 Å². The maximum absolute atomic E-state index is 12.4. The largest absolute Gasteiger partial charge is 0.349 e. The Bertz CT molecular complexity index is 623. The molecule has 1 atom stereocenters. The minimum absolute atomic E-state index is 0.0502. The fraction of sp³-hybridized carbons (Fsp3) is 0.500. The van der Waals surface area contributed by atoms with Gasteiger partial charge in [-0.2, -0.15) is 5.10 Å². The van der Waals surface area contributed by atoms with Crippen LogP contribution in [0.2, 0.25) is 0 Å². The van der Waals surface area contributed by atoms with Crippen LogP contribution in [0.25, 0.3) is 0 Å². The Balaban J connectivity index is 1.66. The van der Waals surface area contributed by atoms with E-state index in [2.05, 4.69) is 27.5 Å². The summed E-state index contributed by atoms with van der Waals surface area (Å²) in [6.07, 6.45) is 3.17. The summed E-state index contributed by atoms with van der Waals surface area (Å²) < 4.78 is 0. The van der Waals surface area contributed by atoms with Gasteiger partial charge in [-0.1, -0.05) is 30.3 Å². The summed E-state index contributed by atoms with van der Waals surface area (Å²) >= 11 is 0. The number of rotatable bonds is 5. The smallest absolute Gasteiger partial charge is 0.267 e. The Morgan fingerprint density at radius 3 is 2.58 bits per heavy atom. The van der Waals surface area contributed by atoms with Crippen molar-refractivity contribution in [1.29, 1.82) is 0 Å². The van der Waals surface area contributed by atoms with Crippen LogP contribution in [0.15, 0.2) is 35.4 Å². The molecule has 0 aliphatic carbocycles. The van der Waals surface area contributed by atoms with Crippen molar-refractivity contribution in [1.82, 2.24) is 15.2 Å². The number of hydrazone groups is 1. The van der Waals surface area contributed by atoms with Gasteiger partial charge in [-0.05, 0) is 31.5 Å². The highest BCUT2D eigenvalue weighted by molar-refractivity contribution is 6.39. The fourth-order valence-electron chi connectivity index (χ4n) is 3.31. The van der Waals surface area contributed by atoms with Gasteiger partial charge >= 0.3 is 0 Å². The Hall–Kier alpha value is -2.21. The second kappa shape index (κ2) is 7.57. The highest BCUT2D eigenvalue weighted by Crippen LogP contribution is 2.24. The van der Waals surface area contributed by atoms with Gasteiger partial charge in [0, 0.05) is 26.4 Å². The van der Waals surface area contributed by atoms with Gasteiger partial charge in [0.25, 0.3) is 5.91 Å². The molecule has 2 aliphatic rings. The molecular formula is C18H24N4O2. The summed E-state index contributed by atoms with van der Waals surface area (Å²) in [7, 11) is 1.59. The molecule has 1 aromatic carbocycles.